The van der Waals surface area contributed by atoms with Gasteiger partial charge in [0.05, 0.1) is 37.6 Å². The van der Waals surface area contributed by atoms with Crippen LogP contribution in [-0.2, 0) is 36.9 Å². The number of nitrogens with zero attached hydrogens (tertiary/aromatic N) is 3. The molecule has 6 atom stereocenters. The van der Waals surface area contributed by atoms with Gasteiger partial charge in [-0.15, -0.1) is 0 Å². The van der Waals surface area contributed by atoms with Gasteiger partial charge in [-0.05, 0) is 115 Å². The van der Waals surface area contributed by atoms with Crippen molar-refractivity contribution in [1.29, 1.82) is 0 Å². The molecule has 0 aromatic heterocycles. The highest BCUT2D eigenvalue weighted by molar-refractivity contribution is 9.10. The third-order valence-corrected chi connectivity index (χ3v) is 16.0. The standard InChI is InChI=1S/C60H69BrN6O8/c1-6-37(3)55(69)63-48-36-67(50-21-15-14-20-49(50)66(59(48)73)35-47-46-29-28-44(61)32-43(46)27-31-53(47)75-5)58(72)42-25-23-41(24-26-42)57(71)62-45-33-51(52(68)30-22-39-16-10-8-11-17-39)65(34-45)60(74)54(40-18-12-9-13-19-40)64-56(70)38(4)7-2/h8,10-11,14-17,20-21,23-29,31-32,37-38,40,45,48,51,54H,6-7,9,12-13,18-19,22,30,33-36H2,1-5H3,(H,62,71)(H,63,69)(H,64,70)/t37-,38-,45+,48+,51+,54+/m1/s1. The Bertz CT molecular complexity index is 2910. The fraction of sp³-hybridized carbons (Fsp3) is 0.417. The fourth-order valence-electron chi connectivity index (χ4n) is 10.7. The molecule has 3 N–H and O–H groups in total. The SMILES string of the molecule is CC[C@@H](C)C(=O)N[C@H]1CN(C(=O)c2ccc(C(=O)N[C@H]3C[C@@H](C(=O)CCc4ccccc4)N(C(=O)[C@@H](NC(=O)[C@H](C)CC)C4CCCCC4)C3)cc2)c2ccccc2N(Cc2c(OC)ccc3cc(Br)ccc23)C1=O. The van der Waals surface area contributed by atoms with Gasteiger partial charge in [-0.3, -0.25) is 33.6 Å². The number of hydrogen-bond acceptors (Lipinski definition) is 8. The first kappa shape index (κ1) is 54.4. The second-order valence-corrected chi connectivity index (χ2v) is 21.4. The monoisotopic (exact) mass is 1080 g/mol. The van der Waals surface area contributed by atoms with Crippen molar-refractivity contribution in [3.05, 3.63) is 136 Å². The van der Waals surface area contributed by atoms with Gasteiger partial charge in [0, 0.05) is 52.0 Å². The molecule has 0 spiro atoms. The van der Waals surface area contributed by atoms with Crippen LogP contribution in [0.25, 0.3) is 10.8 Å². The van der Waals surface area contributed by atoms with Crippen molar-refractivity contribution in [2.45, 2.75) is 123 Å². The lowest BCUT2D eigenvalue weighted by molar-refractivity contribution is -0.143. The number of hydrogen-bond donors (Lipinski definition) is 3. The van der Waals surface area contributed by atoms with Crippen molar-refractivity contribution < 1.29 is 38.3 Å². The Morgan fingerprint density at radius 2 is 1.41 bits per heavy atom. The predicted octanol–water partition coefficient (Wildman–Crippen LogP) is 9.35. The number of Topliss-reactive ketones (excluding diaryl/α,β-unsaturated/α-hetero) is 1. The van der Waals surface area contributed by atoms with Gasteiger partial charge in [0.1, 0.15) is 17.8 Å². The summed E-state index contributed by atoms with van der Waals surface area (Å²) in [4.78, 5) is 105. The molecule has 6 amide bonds. The Kier molecular flexibility index (Phi) is 17.9. The van der Waals surface area contributed by atoms with E-state index in [1.807, 2.05) is 81.4 Å². The van der Waals surface area contributed by atoms with E-state index in [0.717, 1.165) is 58.5 Å². The number of benzene rings is 5. The molecule has 1 aliphatic carbocycles. The Morgan fingerprint density at radius 1 is 0.747 bits per heavy atom. The average Bonchev–Trinajstić information content (AvgIpc) is 3.83. The predicted molar refractivity (Wildman–Crippen MR) is 294 cm³/mol. The maximum atomic E-state index is 14.9. The van der Waals surface area contributed by atoms with Gasteiger partial charge < -0.3 is 35.4 Å². The molecule has 394 valence electrons. The molecule has 2 fully saturated rings. The van der Waals surface area contributed by atoms with E-state index < -0.39 is 47.8 Å². The smallest absolute Gasteiger partial charge is 0.258 e. The molecular weight excluding hydrogens is 1010 g/mol. The van der Waals surface area contributed by atoms with Crippen LogP contribution in [-0.4, -0.2) is 90.5 Å². The summed E-state index contributed by atoms with van der Waals surface area (Å²) in [5, 5.41) is 11.0. The number of halogens is 1. The summed E-state index contributed by atoms with van der Waals surface area (Å²) in [5.74, 6) is -2.35. The summed E-state index contributed by atoms with van der Waals surface area (Å²) in [6.07, 6.45) is 6.66. The molecule has 2 aliphatic heterocycles. The number of ketones is 1. The Labute approximate surface area is 448 Å². The van der Waals surface area contributed by atoms with E-state index in [1.165, 1.54) is 4.90 Å². The summed E-state index contributed by atoms with van der Waals surface area (Å²) >= 11 is 3.57. The number of rotatable bonds is 18. The molecule has 0 unspecified atom stereocenters. The quantitative estimate of drug-likeness (QED) is 0.0779. The fourth-order valence-corrected chi connectivity index (χ4v) is 11.1. The minimum absolute atomic E-state index is 0.0621. The number of nitrogens with one attached hydrogen (secondary N) is 3. The number of ether oxygens (including phenoxy) is 1. The zero-order chi connectivity index (χ0) is 53.3. The first-order chi connectivity index (χ1) is 36.2. The largest absolute Gasteiger partial charge is 0.496 e. The zero-order valence-electron chi connectivity index (χ0n) is 43.6. The van der Waals surface area contributed by atoms with Crippen LogP contribution in [0.4, 0.5) is 11.4 Å². The van der Waals surface area contributed by atoms with Gasteiger partial charge in [-0.2, -0.15) is 0 Å². The van der Waals surface area contributed by atoms with Crippen LogP contribution in [0.1, 0.15) is 117 Å². The molecule has 14 nitrogen and oxygen atoms in total. The summed E-state index contributed by atoms with van der Waals surface area (Å²) < 4.78 is 6.74. The van der Waals surface area contributed by atoms with E-state index >= 15 is 0 Å². The van der Waals surface area contributed by atoms with Crippen LogP contribution < -0.4 is 30.5 Å². The highest BCUT2D eigenvalue weighted by Gasteiger charge is 2.45. The van der Waals surface area contributed by atoms with Crippen molar-refractivity contribution in [2.75, 3.05) is 30.0 Å². The van der Waals surface area contributed by atoms with E-state index in [9.17, 15) is 33.6 Å². The lowest BCUT2D eigenvalue weighted by Gasteiger charge is -2.35. The number of aryl methyl sites for hydroxylation is 1. The van der Waals surface area contributed by atoms with Gasteiger partial charge >= 0.3 is 0 Å². The number of carbonyl (C=O) groups excluding carboxylic acids is 7. The van der Waals surface area contributed by atoms with Crippen molar-refractivity contribution in [1.82, 2.24) is 20.9 Å². The van der Waals surface area contributed by atoms with Crippen LogP contribution in [0, 0.1) is 17.8 Å². The molecule has 8 rings (SSSR count). The Morgan fingerprint density at radius 3 is 2.11 bits per heavy atom. The molecule has 5 aromatic carbocycles. The summed E-state index contributed by atoms with van der Waals surface area (Å²) in [5.41, 5.74) is 3.18. The molecular formula is C60H69BrN6O8. The zero-order valence-corrected chi connectivity index (χ0v) is 45.2. The van der Waals surface area contributed by atoms with Crippen molar-refractivity contribution in [2.24, 2.45) is 17.8 Å². The van der Waals surface area contributed by atoms with E-state index in [1.54, 1.807) is 72.4 Å². The summed E-state index contributed by atoms with van der Waals surface area (Å²) in [6, 6.07) is 29.5. The number of methoxy groups -OCH3 is 1. The van der Waals surface area contributed by atoms with Gasteiger partial charge in [-0.25, -0.2) is 0 Å². The van der Waals surface area contributed by atoms with E-state index in [4.69, 9.17) is 4.74 Å². The second-order valence-electron chi connectivity index (χ2n) is 20.4. The summed E-state index contributed by atoms with van der Waals surface area (Å²) in [7, 11) is 1.58. The highest BCUT2D eigenvalue weighted by Crippen LogP contribution is 2.39. The molecule has 5 aromatic rings. The molecule has 75 heavy (non-hydrogen) atoms. The summed E-state index contributed by atoms with van der Waals surface area (Å²) in [6.45, 7) is 7.47. The highest BCUT2D eigenvalue weighted by atomic mass is 79.9. The second kappa shape index (κ2) is 24.7. The lowest BCUT2D eigenvalue weighted by atomic mass is 9.83. The first-order valence-electron chi connectivity index (χ1n) is 26.6. The van der Waals surface area contributed by atoms with Crippen molar-refractivity contribution in [3.63, 3.8) is 0 Å². The van der Waals surface area contributed by atoms with Crippen molar-refractivity contribution >= 4 is 79.3 Å². The number of amides is 6. The van der Waals surface area contributed by atoms with Gasteiger partial charge in [0.25, 0.3) is 17.7 Å². The van der Waals surface area contributed by atoms with Crippen molar-refractivity contribution in [3.8, 4) is 5.75 Å². The molecule has 0 radical (unpaired) electrons. The van der Waals surface area contributed by atoms with Crippen LogP contribution in [0.2, 0.25) is 0 Å². The molecule has 15 heteroatoms. The number of anilines is 2. The number of likely N-dealkylation sites (tertiary alicyclic amines) is 1. The van der Waals surface area contributed by atoms with Crippen LogP contribution >= 0.6 is 15.9 Å². The normalized spacial score (nSPS) is 19.1. The molecule has 1 saturated heterocycles. The Hall–Kier alpha value is -6.87. The third-order valence-electron chi connectivity index (χ3n) is 15.5. The van der Waals surface area contributed by atoms with Gasteiger partial charge in [0.2, 0.25) is 17.7 Å². The minimum Gasteiger partial charge on any atom is -0.496 e. The maximum absolute atomic E-state index is 14.9. The lowest BCUT2D eigenvalue weighted by Crippen LogP contribution is -2.56. The van der Waals surface area contributed by atoms with Gasteiger partial charge in [0.15, 0.2) is 5.78 Å². The van der Waals surface area contributed by atoms with E-state index in [2.05, 4.69) is 31.9 Å². The molecule has 3 aliphatic rings. The molecule has 0 bridgehead atoms. The maximum Gasteiger partial charge on any atom is 0.258 e. The Balaban J connectivity index is 1.04. The van der Waals surface area contributed by atoms with Crippen LogP contribution in [0.15, 0.2) is 114 Å². The van der Waals surface area contributed by atoms with Gasteiger partial charge in [-0.1, -0.05) is 117 Å². The minimum atomic E-state index is -1.12. The third kappa shape index (κ3) is 12.5. The first-order valence-corrected chi connectivity index (χ1v) is 27.3. The van der Waals surface area contributed by atoms with E-state index in [-0.39, 0.29) is 78.9 Å². The topological polar surface area (TPSA) is 175 Å². The number of para-hydroxylation sites is 2. The van der Waals surface area contributed by atoms with E-state index in [0.29, 0.717) is 36.4 Å². The number of fused-ring (bicyclic) bond motifs is 2. The molecule has 1 saturated carbocycles. The number of carbonyl (C=O) groups is 7. The van der Waals surface area contributed by atoms with Crippen LogP contribution in [0.5, 0.6) is 5.75 Å². The molecule has 2 heterocycles. The average molecular weight is 1080 g/mol. The van der Waals surface area contributed by atoms with Crippen LogP contribution in [0.3, 0.4) is 0 Å².